The van der Waals surface area contributed by atoms with Crippen molar-refractivity contribution >= 4 is 35.8 Å². The molecule has 2 aliphatic rings. The summed E-state index contributed by atoms with van der Waals surface area (Å²) in [5.41, 5.74) is -2.78. The van der Waals surface area contributed by atoms with Crippen LogP contribution < -0.4 is 0 Å². The van der Waals surface area contributed by atoms with E-state index in [9.17, 15) is 28.8 Å². The number of ether oxygens (including phenoxy) is 5. The molecular formula is C24H34O11. The molecule has 11 nitrogen and oxygen atoms in total. The molecule has 196 valence electrons. The van der Waals surface area contributed by atoms with Crippen molar-refractivity contribution in [2.75, 3.05) is 26.4 Å². The Morgan fingerprint density at radius 2 is 1.09 bits per heavy atom. The summed E-state index contributed by atoms with van der Waals surface area (Å²) in [5, 5.41) is 0. The highest BCUT2D eigenvalue weighted by Gasteiger charge is 2.41. The molecular weight excluding hydrogens is 464 g/mol. The van der Waals surface area contributed by atoms with Gasteiger partial charge in [0.2, 0.25) is 0 Å². The van der Waals surface area contributed by atoms with E-state index in [0.717, 1.165) is 0 Å². The minimum absolute atomic E-state index is 0.248. The molecule has 2 saturated heterocycles. The zero-order valence-electron chi connectivity index (χ0n) is 20.7. The lowest BCUT2D eigenvalue weighted by Crippen LogP contribution is -2.40. The Bertz CT molecular complexity index is 774. The zero-order chi connectivity index (χ0) is 26.2. The van der Waals surface area contributed by atoms with Gasteiger partial charge < -0.3 is 23.7 Å². The van der Waals surface area contributed by atoms with E-state index in [0.29, 0.717) is 38.5 Å². The minimum atomic E-state index is -1.39. The quantitative estimate of drug-likeness (QED) is 0.274. The van der Waals surface area contributed by atoms with Gasteiger partial charge in [-0.1, -0.05) is 0 Å². The van der Waals surface area contributed by atoms with E-state index < -0.39 is 71.7 Å². The van der Waals surface area contributed by atoms with E-state index in [2.05, 4.69) is 0 Å². The Balaban J connectivity index is 1.86. The standard InChI is InChI=1S/C24H34O11/c1-23(2,13-33-19(27)15-9-5-7-11-31-17(15)25)21(29)35-22(30)24(3,4)14-34-20(28)16-10-6-8-12-32-18(16)26/h15-16H,5-14H2,1-4H3. The van der Waals surface area contributed by atoms with Gasteiger partial charge in [-0.3, -0.25) is 28.8 Å². The number of carbonyl (C=O) groups is 6. The number of carbonyl (C=O) groups excluding carboxylic acids is 6. The lowest BCUT2D eigenvalue weighted by molar-refractivity contribution is -0.177. The molecule has 0 aromatic rings. The predicted octanol–water partition coefficient (Wildman–Crippen LogP) is 1.88. The monoisotopic (exact) mass is 498 g/mol. The Hall–Kier alpha value is -2.98. The van der Waals surface area contributed by atoms with Gasteiger partial charge in [0.05, 0.1) is 24.0 Å². The molecule has 0 radical (unpaired) electrons. The summed E-state index contributed by atoms with van der Waals surface area (Å²) in [6.07, 6.45) is 3.18. The number of hydrogen-bond donors (Lipinski definition) is 0. The largest absolute Gasteiger partial charge is 0.465 e. The van der Waals surface area contributed by atoms with Crippen LogP contribution >= 0.6 is 0 Å². The van der Waals surface area contributed by atoms with Crippen LogP contribution in [0.5, 0.6) is 0 Å². The van der Waals surface area contributed by atoms with Crippen LogP contribution in [0.2, 0.25) is 0 Å². The molecule has 2 rings (SSSR count). The van der Waals surface area contributed by atoms with E-state index >= 15 is 0 Å². The molecule has 0 saturated carbocycles. The smallest absolute Gasteiger partial charge is 0.322 e. The van der Waals surface area contributed by atoms with Crippen molar-refractivity contribution in [2.24, 2.45) is 22.7 Å². The van der Waals surface area contributed by atoms with Gasteiger partial charge in [0.25, 0.3) is 0 Å². The van der Waals surface area contributed by atoms with Crippen LogP contribution in [0.1, 0.15) is 66.2 Å². The molecule has 0 amide bonds. The fourth-order valence-corrected chi connectivity index (χ4v) is 3.29. The SMILES string of the molecule is CC(C)(COC(=O)C1CCCCOC1=O)C(=O)OC(=O)C(C)(C)COC(=O)C1CCCCOC1=O. The Labute approximate surface area is 204 Å². The molecule has 2 heterocycles. The highest BCUT2D eigenvalue weighted by atomic mass is 16.6. The normalized spacial score (nSPS) is 21.5. The summed E-state index contributed by atoms with van der Waals surface area (Å²) in [4.78, 5) is 73.6. The van der Waals surface area contributed by atoms with Crippen LogP contribution in [-0.2, 0) is 52.5 Å². The lowest BCUT2D eigenvalue weighted by Gasteiger charge is -2.26. The third kappa shape index (κ3) is 8.03. The summed E-state index contributed by atoms with van der Waals surface area (Å²) in [5.74, 6) is -6.92. The second-order valence-electron chi connectivity index (χ2n) is 10.1. The van der Waals surface area contributed by atoms with Gasteiger partial charge in [-0.15, -0.1) is 0 Å². The van der Waals surface area contributed by atoms with Crippen molar-refractivity contribution in [2.45, 2.75) is 66.2 Å². The fraction of sp³-hybridized carbons (Fsp3) is 0.750. The fourth-order valence-electron chi connectivity index (χ4n) is 3.29. The van der Waals surface area contributed by atoms with Gasteiger partial charge in [0, 0.05) is 0 Å². The molecule has 0 aliphatic carbocycles. The molecule has 0 aromatic carbocycles. The first-order chi connectivity index (χ1) is 16.3. The molecule has 11 heteroatoms. The summed E-state index contributed by atoms with van der Waals surface area (Å²) in [7, 11) is 0. The average Bonchev–Trinajstić information content (AvgIpc) is 3.15. The Morgan fingerprint density at radius 3 is 1.46 bits per heavy atom. The van der Waals surface area contributed by atoms with Gasteiger partial charge in [-0.25, -0.2) is 0 Å². The first kappa shape index (κ1) is 28.3. The molecule has 2 fully saturated rings. The van der Waals surface area contributed by atoms with E-state index in [1.54, 1.807) is 0 Å². The minimum Gasteiger partial charge on any atom is -0.465 e. The van der Waals surface area contributed by atoms with Crippen molar-refractivity contribution in [3.63, 3.8) is 0 Å². The van der Waals surface area contributed by atoms with Crippen LogP contribution in [-0.4, -0.2) is 62.2 Å². The summed E-state index contributed by atoms with van der Waals surface area (Å²) >= 11 is 0. The molecule has 2 unspecified atom stereocenters. The molecule has 0 bridgehead atoms. The van der Waals surface area contributed by atoms with Crippen LogP contribution in [0.3, 0.4) is 0 Å². The van der Waals surface area contributed by atoms with E-state index in [4.69, 9.17) is 23.7 Å². The van der Waals surface area contributed by atoms with Gasteiger partial charge in [0.1, 0.15) is 13.2 Å². The summed E-state index contributed by atoms with van der Waals surface area (Å²) in [6, 6.07) is 0. The van der Waals surface area contributed by atoms with Crippen LogP contribution in [0.4, 0.5) is 0 Å². The molecule has 0 aromatic heterocycles. The third-order valence-corrected chi connectivity index (χ3v) is 5.84. The molecule has 0 N–H and O–H groups in total. The van der Waals surface area contributed by atoms with E-state index in [1.165, 1.54) is 27.7 Å². The van der Waals surface area contributed by atoms with Crippen molar-refractivity contribution in [1.82, 2.24) is 0 Å². The maximum absolute atomic E-state index is 12.6. The van der Waals surface area contributed by atoms with Crippen molar-refractivity contribution in [1.29, 1.82) is 0 Å². The second-order valence-corrected chi connectivity index (χ2v) is 10.1. The maximum Gasteiger partial charge on any atom is 0.322 e. The number of hydrogen-bond acceptors (Lipinski definition) is 11. The highest BCUT2D eigenvalue weighted by molar-refractivity contribution is 5.96. The molecule has 0 spiro atoms. The average molecular weight is 499 g/mol. The number of esters is 6. The molecule has 35 heavy (non-hydrogen) atoms. The zero-order valence-corrected chi connectivity index (χ0v) is 20.7. The van der Waals surface area contributed by atoms with Gasteiger partial charge >= 0.3 is 35.8 Å². The maximum atomic E-state index is 12.6. The van der Waals surface area contributed by atoms with Crippen molar-refractivity contribution < 1.29 is 52.5 Å². The van der Waals surface area contributed by atoms with Crippen LogP contribution in [0, 0.1) is 22.7 Å². The van der Waals surface area contributed by atoms with Crippen LogP contribution in [0.15, 0.2) is 0 Å². The van der Waals surface area contributed by atoms with Crippen molar-refractivity contribution in [3.8, 4) is 0 Å². The Morgan fingerprint density at radius 1 is 0.714 bits per heavy atom. The van der Waals surface area contributed by atoms with E-state index in [-0.39, 0.29) is 13.2 Å². The number of cyclic esters (lactones) is 2. The summed E-state index contributed by atoms with van der Waals surface area (Å²) in [6.45, 7) is 5.36. The van der Waals surface area contributed by atoms with Gasteiger partial charge in [-0.05, 0) is 66.2 Å². The third-order valence-electron chi connectivity index (χ3n) is 5.84. The highest BCUT2D eigenvalue weighted by Crippen LogP contribution is 2.26. The lowest BCUT2D eigenvalue weighted by atomic mass is 9.93. The topological polar surface area (TPSA) is 149 Å². The van der Waals surface area contributed by atoms with Crippen molar-refractivity contribution in [3.05, 3.63) is 0 Å². The van der Waals surface area contributed by atoms with Gasteiger partial charge in [-0.2, -0.15) is 0 Å². The van der Waals surface area contributed by atoms with Gasteiger partial charge in [0.15, 0.2) is 11.8 Å². The first-order valence-electron chi connectivity index (χ1n) is 11.8. The summed E-state index contributed by atoms with van der Waals surface area (Å²) < 4.78 is 25.2. The van der Waals surface area contributed by atoms with E-state index in [1.807, 2.05) is 0 Å². The van der Waals surface area contributed by atoms with Crippen LogP contribution in [0.25, 0.3) is 0 Å². The Kier molecular flexibility index (Phi) is 9.79. The predicted molar refractivity (Wildman–Crippen MR) is 117 cm³/mol. The second kappa shape index (κ2) is 12.1. The first-order valence-corrected chi connectivity index (χ1v) is 11.8. The number of rotatable bonds is 8. The molecule has 2 atom stereocenters. The molecule has 2 aliphatic heterocycles.